The van der Waals surface area contributed by atoms with E-state index in [1.54, 1.807) is 72.8 Å². The molecule has 1 saturated heterocycles. The predicted octanol–water partition coefficient (Wildman–Crippen LogP) is 7.39. The number of fused-ring (bicyclic) bond motifs is 1. The maximum absolute atomic E-state index is 13.5. The Kier molecular flexibility index (Phi) is 8.69. The van der Waals surface area contributed by atoms with Crippen molar-refractivity contribution in [1.29, 1.82) is 0 Å². The minimum absolute atomic E-state index is 0.0339. The maximum Gasteiger partial charge on any atom is 0.272 e. The third-order valence-electron chi connectivity index (χ3n) is 7.50. The van der Waals surface area contributed by atoms with Gasteiger partial charge in [0, 0.05) is 33.0 Å². The summed E-state index contributed by atoms with van der Waals surface area (Å²) in [7, 11) is 0. The van der Waals surface area contributed by atoms with Crippen molar-refractivity contribution >= 4 is 75.3 Å². The third kappa shape index (κ3) is 6.68. The van der Waals surface area contributed by atoms with Crippen LogP contribution in [-0.4, -0.2) is 33.9 Å². The summed E-state index contributed by atoms with van der Waals surface area (Å²) >= 11 is 2.69. The van der Waals surface area contributed by atoms with Crippen LogP contribution in [0.4, 0.5) is 11.4 Å². The molecule has 236 valence electrons. The van der Waals surface area contributed by atoms with Crippen LogP contribution < -0.4 is 15.5 Å². The highest BCUT2D eigenvalue weighted by Crippen LogP contribution is 2.36. The Bertz CT molecular complexity index is 2140. The first kappa shape index (κ1) is 30.9. The van der Waals surface area contributed by atoms with E-state index in [1.165, 1.54) is 28.0 Å². The van der Waals surface area contributed by atoms with E-state index in [2.05, 4.69) is 15.6 Å². The molecule has 1 aliphatic rings. The Morgan fingerprint density at radius 1 is 0.896 bits per heavy atom. The van der Waals surface area contributed by atoms with Crippen LogP contribution in [0, 0.1) is 0 Å². The molecule has 6 aromatic rings. The second-order valence-corrected chi connectivity index (χ2v) is 13.0. The summed E-state index contributed by atoms with van der Waals surface area (Å²) in [6, 6.07) is 33.8. The number of nitrogens with one attached hydrogen (secondary N) is 2. The minimum atomic E-state index is -0.639. The standard InChI is InChI=1S/C37H26N4O5S2/c42-33-22-32(37(45)41(33)26-17-15-24(16-18-26)36-40-29-13-4-5-14-31(29)46-36)48-28-11-6-10-25(20-28)38-35(44)30(21-27-12-7-19-47-27)39-34(43)23-8-2-1-3-9-23/h1-21,32H,22H2,(H,38,44)(H,39,43)/b30-21-/t32-/m0/s1. The number of aromatic nitrogens is 1. The Balaban J connectivity index is 1.03. The number of hydrogen-bond acceptors (Lipinski definition) is 8. The number of imide groups is 1. The largest absolute Gasteiger partial charge is 0.436 e. The Morgan fingerprint density at radius 2 is 1.69 bits per heavy atom. The zero-order chi connectivity index (χ0) is 33.0. The molecule has 1 fully saturated rings. The number of amides is 4. The third-order valence-corrected chi connectivity index (χ3v) is 9.50. The van der Waals surface area contributed by atoms with Crippen molar-refractivity contribution in [2.75, 3.05) is 10.2 Å². The first-order valence-corrected chi connectivity index (χ1v) is 16.7. The lowest BCUT2D eigenvalue weighted by molar-refractivity contribution is -0.121. The number of anilines is 2. The van der Waals surface area contributed by atoms with Gasteiger partial charge in [-0.15, -0.1) is 23.1 Å². The fourth-order valence-corrected chi connectivity index (χ4v) is 6.95. The van der Waals surface area contributed by atoms with E-state index in [-0.39, 0.29) is 23.9 Å². The monoisotopic (exact) mass is 670 g/mol. The van der Waals surface area contributed by atoms with Gasteiger partial charge in [0.1, 0.15) is 11.2 Å². The number of oxazole rings is 1. The molecule has 2 aromatic heterocycles. The van der Waals surface area contributed by atoms with Gasteiger partial charge in [-0.1, -0.05) is 42.5 Å². The molecule has 4 aromatic carbocycles. The molecule has 2 N–H and O–H groups in total. The van der Waals surface area contributed by atoms with Gasteiger partial charge in [-0.2, -0.15) is 0 Å². The summed E-state index contributed by atoms with van der Waals surface area (Å²) in [6.07, 6.45) is 1.66. The number of benzene rings is 4. The molecule has 0 saturated carbocycles. The van der Waals surface area contributed by atoms with Gasteiger partial charge in [-0.25, -0.2) is 9.88 Å². The van der Waals surface area contributed by atoms with Gasteiger partial charge in [0.25, 0.3) is 11.8 Å². The van der Waals surface area contributed by atoms with Crippen molar-refractivity contribution in [1.82, 2.24) is 10.3 Å². The van der Waals surface area contributed by atoms with E-state index in [4.69, 9.17) is 4.42 Å². The van der Waals surface area contributed by atoms with Gasteiger partial charge in [-0.05, 0) is 84.3 Å². The smallest absolute Gasteiger partial charge is 0.272 e. The molecule has 0 aliphatic carbocycles. The summed E-state index contributed by atoms with van der Waals surface area (Å²) in [5.74, 6) is -1.08. The average Bonchev–Trinajstić information content (AvgIpc) is 3.84. The number of para-hydroxylation sites is 2. The zero-order valence-corrected chi connectivity index (χ0v) is 26.8. The van der Waals surface area contributed by atoms with Crippen LogP contribution in [0.15, 0.2) is 136 Å². The second kappa shape index (κ2) is 13.5. The van der Waals surface area contributed by atoms with Gasteiger partial charge in [0.15, 0.2) is 5.58 Å². The molecule has 0 radical (unpaired) electrons. The fourth-order valence-electron chi connectivity index (χ4n) is 5.18. The summed E-state index contributed by atoms with van der Waals surface area (Å²) in [6.45, 7) is 0. The summed E-state index contributed by atoms with van der Waals surface area (Å²) < 4.78 is 5.84. The van der Waals surface area contributed by atoms with Crippen molar-refractivity contribution in [3.8, 4) is 11.5 Å². The highest BCUT2D eigenvalue weighted by Gasteiger charge is 2.40. The van der Waals surface area contributed by atoms with Crippen LogP contribution >= 0.6 is 23.1 Å². The van der Waals surface area contributed by atoms with Crippen LogP contribution in [0.5, 0.6) is 0 Å². The molecule has 0 bridgehead atoms. The fraction of sp³-hybridized carbons (Fsp3) is 0.0541. The summed E-state index contributed by atoms with van der Waals surface area (Å²) in [4.78, 5) is 60.0. The Morgan fingerprint density at radius 3 is 2.46 bits per heavy atom. The Labute approximate surface area is 283 Å². The molecule has 7 rings (SSSR count). The lowest BCUT2D eigenvalue weighted by Crippen LogP contribution is -2.31. The van der Waals surface area contributed by atoms with Crippen molar-refractivity contribution in [2.45, 2.75) is 16.6 Å². The van der Waals surface area contributed by atoms with Gasteiger partial charge in [0.05, 0.1) is 10.9 Å². The van der Waals surface area contributed by atoms with Crippen molar-refractivity contribution in [3.63, 3.8) is 0 Å². The van der Waals surface area contributed by atoms with Crippen LogP contribution in [0.2, 0.25) is 0 Å². The zero-order valence-electron chi connectivity index (χ0n) is 25.2. The number of thioether (sulfide) groups is 1. The van der Waals surface area contributed by atoms with Gasteiger partial charge in [-0.3, -0.25) is 19.2 Å². The quantitative estimate of drug-likeness (QED) is 0.122. The molecule has 9 nitrogen and oxygen atoms in total. The van der Waals surface area contributed by atoms with E-state index in [1.807, 2.05) is 53.9 Å². The molecule has 0 spiro atoms. The van der Waals surface area contributed by atoms with E-state index < -0.39 is 17.1 Å². The number of rotatable bonds is 9. The lowest BCUT2D eigenvalue weighted by Gasteiger charge is -2.15. The van der Waals surface area contributed by atoms with Crippen molar-refractivity contribution < 1.29 is 23.6 Å². The SMILES string of the molecule is O=C(Nc1cccc(S[C@H]2CC(=O)N(c3ccc(-c4nc5ccccc5o4)cc3)C2=O)c1)/C(=C/c1cccs1)NC(=O)c1ccccc1. The minimum Gasteiger partial charge on any atom is -0.436 e. The molecule has 1 aliphatic heterocycles. The van der Waals surface area contributed by atoms with Crippen molar-refractivity contribution in [2.24, 2.45) is 0 Å². The van der Waals surface area contributed by atoms with Gasteiger partial charge >= 0.3 is 0 Å². The predicted molar refractivity (Wildman–Crippen MR) is 187 cm³/mol. The highest BCUT2D eigenvalue weighted by molar-refractivity contribution is 8.00. The van der Waals surface area contributed by atoms with Crippen LogP contribution in [0.3, 0.4) is 0 Å². The number of thiophene rings is 1. The normalized spacial score (nSPS) is 14.8. The average molecular weight is 671 g/mol. The number of carbonyl (C=O) groups is 4. The molecule has 1 atom stereocenters. The van der Waals surface area contributed by atoms with E-state index >= 15 is 0 Å². The van der Waals surface area contributed by atoms with Crippen LogP contribution in [-0.2, 0) is 14.4 Å². The summed E-state index contributed by atoms with van der Waals surface area (Å²) in [5, 5.41) is 6.82. The molecular formula is C37H26N4O5S2. The second-order valence-electron chi connectivity index (χ2n) is 10.8. The maximum atomic E-state index is 13.5. The number of nitrogens with zero attached hydrogens (tertiary/aromatic N) is 2. The molecule has 4 amide bonds. The van der Waals surface area contributed by atoms with E-state index in [9.17, 15) is 19.2 Å². The van der Waals surface area contributed by atoms with Crippen molar-refractivity contribution in [3.05, 3.63) is 137 Å². The number of hydrogen-bond donors (Lipinski definition) is 2. The van der Waals surface area contributed by atoms with E-state index in [0.29, 0.717) is 33.3 Å². The molecule has 11 heteroatoms. The first-order chi connectivity index (χ1) is 23.4. The number of carbonyl (C=O) groups excluding carboxylic acids is 4. The molecule has 0 unspecified atom stereocenters. The van der Waals surface area contributed by atoms with E-state index in [0.717, 1.165) is 16.0 Å². The topological polar surface area (TPSA) is 122 Å². The lowest BCUT2D eigenvalue weighted by atomic mass is 10.2. The van der Waals surface area contributed by atoms with Gasteiger partial charge < -0.3 is 15.1 Å². The summed E-state index contributed by atoms with van der Waals surface area (Å²) in [5.41, 5.74) is 3.59. The first-order valence-electron chi connectivity index (χ1n) is 14.9. The highest BCUT2D eigenvalue weighted by atomic mass is 32.2. The molecular weight excluding hydrogens is 645 g/mol. The van der Waals surface area contributed by atoms with Gasteiger partial charge in [0.2, 0.25) is 17.7 Å². The van der Waals surface area contributed by atoms with Crippen LogP contribution in [0.1, 0.15) is 21.7 Å². The Hall–Kier alpha value is -5.78. The molecule has 3 heterocycles. The van der Waals surface area contributed by atoms with Crippen LogP contribution in [0.25, 0.3) is 28.6 Å². The molecule has 48 heavy (non-hydrogen) atoms.